The third-order valence-electron chi connectivity index (χ3n) is 10.1. The first-order valence-corrected chi connectivity index (χ1v) is 17.6. The second-order valence-electron chi connectivity index (χ2n) is 13.9. The van der Waals surface area contributed by atoms with Gasteiger partial charge in [0.2, 0.25) is 0 Å². The summed E-state index contributed by atoms with van der Waals surface area (Å²) < 4.78 is 9.49. The Hall–Kier alpha value is -5.93. The number of imidazole rings is 1. The highest BCUT2D eigenvalue weighted by Gasteiger charge is 2.26. The third-order valence-corrected chi connectivity index (χ3v) is 10.1. The van der Waals surface area contributed by atoms with Crippen LogP contribution < -0.4 is 0 Å². The molecule has 0 aliphatic heterocycles. The van der Waals surface area contributed by atoms with Gasteiger partial charge in [-0.2, -0.15) is 0 Å². The molecule has 7 aromatic carbocycles. The molecule has 0 amide bonds. The smallest absolute Gasteiger partial charge is 0.149 e. The van der Waals surface area contributed by atoms with Gasteiger partial charge in [0.15, 0.2) is 0 Å². The Labute approximate surface area is 292 Å². The summed E-state index contributed by atoms with van der Waals surface area (Å²) in [6, 6.07) is 52.1. The number of aromatic nitrogens is 2. The molecule has 0 bridgehead atoms. The van der Waals surface area contributed by atoms with Crippen molar-refractivity contribution < 1.29 is 4.42 Å². The first kappa shape index (κ1) is 30.2. The van der Waals surface area contributed by atoms with Crippen LogP contribution in [-0.4, -0.2) is 9.55 Å². The molecular weight excluding hydrogens is 609 g/mol. The van der Waals surface area contributed by atoms with Gasteiger partial charge in [-0.25, -0.2) is 4.98 Å². The maximum atomic E-state index is 7.08. The lowest BCUT2D eigenvalue weighted by Gasteiger charge is -2.24. The van der Waals surface area contributed by atoms with Gasteiger partial charge in [0.1, 0.15) is 17.0 Å². The molecule has 242 valence electrons. The predicted octanol–water partition coefficient (Wildman–Crippen LogP) is 13.3. The van der Waals surface area contributed by atoms with E-state index < -0.39 is 0 Å². The van der Waals surface area contributed by atoms with E-state index in [1.54, 1.807) is 0 Å². The maximum absolute atomic E-state index is 7.08. The van der Waals surface area contributed by atoms with E-state index >= 15 is 0 Å². The molecular formula is C47H38N2O. The van der Waals surface area contributed by atoms with Crippen LogP contribution in [0.15, 0.2) is 150 Å². The molecule has 0 N–H and O–H groups in total. The summed E-state index contributed by atoms with van der Waals surface area (Å²) in [5, 5.41) is 4.49. The van der Waals surface area contributed by atoms with Gasteiger partial charge in [-0.05, 0) is 87.0 Å². The van der Waals surface area contributed by atoms with Gasteiger partial charge >= 0.3 is 0 Å². The van der Waals surface area contributed by atoms with Gasteiger partial charge in [0.25, 0.3) is 0 Å². The molecule has 0 aliphatic carbocycles. The number of nitrogens with zero attached hydrogens (tertiary/aromatic N) is 2. The number of para-hydroxylation sites is 3. The van der Waals surface area contributed by atoms with Crippen molar-refractivity contribution in [3.63, 3.8) is 0 Å². The molecule has 50 heavy (non-hydrogen) atoms. The Bertz CT molecular complexity index is 2670. The SMILES string of the molecule is CC(C)c1cc(-c2ccccc2)cc(C(C)C)c1-n1c(-c2cccc3c2oc2c4ccccc4cc(-c4ccccc4)c32)nc2ccccc21. The zero-order valence-electron chi connectivity index (χ0n) is 28.8. The van der Waals surface area contributed by atoms with Crippen molar-refractivity contribution in [2.75, 3.05) is 0 Å². The van der Waals surface area contributed by atoms with Crippen molar-refractivity contribution in [3.8, 4) is 39.3 Å². The molecule has 0 unspecified atom stereocenters. The summed E-state index contributed by atoms with van der Waals surface area (Å²) in [7, 11) is 0. The molecule has 3 heteroatoms. The van der Waals surface area contributed by atoms with Crippen molar-refractivity contribution in [2.45, 2.75) is 39.5 Å². The first-order valence-electron chi connectivity index (χ1n) is 17.6. The summed E-state index contributed by atoms with van der Waals surface area (Å²) in [4.78, 5) is 5.41. The molecule has 0 saturated carbocycles. The molecule has 0 fully saturated rings. The highest BCUT2D eigenvalue weighted by Crippen LogP contribution is 2.46. The Morgan fingerprint density at radius 2 is 1.14 bits per heavy atom. The summed E-state index contributed by atoms with van der Waals surface area (Å²) in [6.45, 7) is 9.19. The topological polar surface area (TPSA) is 31.0 Å². The van der Waals surface area contributed by atoms with Gasteiger partial charge in [0.05, 0.1) is 22.3 Å². The average Bonchev–Trinajstić information content (AvgIpc) is 3.74. The predicted molar refractivity (Wildman–Crippen MR) is 210 cm³/mol. The molecule has 9 aromatic rings. The van der Waals surface area contributed by atoms with Crippen molar-refractivity contribution >= 4 is 43.7 Å². The van der Waals surface area contributed by atoms with E-state index in [1.165, 1.54) is 39.1 Å². The third kappa shape index (κ3) is 4.76. The van der Waals surface area contributed by atoms with E-state index in [2.05, 4.69) is 178 Å². The zero-order valence-corrected chi connectivity index (χ0v) is 28.8. The van der Waals surface area contributed by atoms with Crippen molar-refractivity contribution in [1.82, 2.24) is 9.55 Å². The average molecular weight is 647 g/mol. The second-order valence-corrected chi connectivity index (χ2v) is 13.9. The molecule has 2 heterocycles. The highest BCUT2D eigenvalue weighted by molar-refractivity contribution is 6.22. The van der Waals surface area contributed by atoms with Crippen LogP contribution >= 0.6 is 0 Å². The molecule has 0 spiro atoms. The lowest BCUT2D eigenvalue weighted by atomic mass is 9.88. The second kappa shape index (κ2) is 11.9. The van der Waals surface area contributed by atoms with E-state index in [-0.39, 0.29) is 11.8 Å². The minimum Gasteiger partial charge on any atom is -0.455 e. The maximum Gasteiger partial charge on any atom is 0.149 e. The highest BCUT2D eigenvalue weighted by atomic mass is 16.3. The summed E-state index contributed by atoms with van der Waals surface area (Å²) in [5.74, 6) is 1.45. The lowest BCUT2D eigenvalue weighted by Crippen LogP contribution is -2.09. The van der Waals surface area contributed by atoms with Gasteiger partial charge in [-0.3, -0.25) is 4.57 Å². The van der Waals surface area contributed by atoms with E-state index in [1.807, 2.05) is 0 Å². The number of fused-ring (bicyclic) bond motifs is 6. The van der Waals surface area contributed by atoms with Crippen LogP contribution in [0.5, 0.6) is 0 Å². The quantitative estimate of drug-likeness (QED) is 0.180. The standard InChI is InChI=1S/C47H38N2O/c1-29(2)38-27-34(31-16-7-5-8-17-31)28-39(30(3)4)44(38)49-42-25-14-13-24-41(42)48-47(49)37-23-15-22-36-43-40(32-18-9-6-10-19-32)26-33-20-11-12-21-35(33)46(43)50-45(36)37/h5-30H,1-4H3. The van der Waals surface area contributed by atoms with Crippen LogP contribution in [0.1, 0.15) is 50.7 Å². The zero-order chi connectivity index (χ0) is 33.9. The van der Waals surface area contributed by atoms with Crippen molar-refractivity contribution in [1.29, 1.82) is 0 Å². The number of hydrogen-bond donors (Lipinski definition) is 0. The van der Waals surface area contributed by atoms with Gasteiger partial charge in [0, 0.05) is 16.2 Å². The monoisotopic (exact) mass is 646 g/mol. The minimum absolute atomic E-state index is 0.280. The number of hydrogen-bond acceptors (Lipinski definition) is 2. The molecule has 0 aliphatic rings. The Balaban J connectivity index is 1.39. The molecule has 3 nitrogen and oxygen atoms in total. The Morgan fingerprint density at radius 3 is 1.86 bits per heavy atom. The molecule has 0 radical (unpaired) electrons. The fourth-order valence-corrected chi connectivity index (χ4v) is 7.70. The largest absolute Gasteiger partial charge is 0.455 e. The van der Waals surface area contributed by atoms with E-state index in [0.717, 1.165) is 55.1 Å². The van der Waals surface area contributed by atoms with Crippen LogP contribution in [-0.2, 0) is 0 Å². The number of benzene rings is 7. The summed E-state index contributed by atoms with van der Waals surface area (Å²) in [5.41, 5.74) is 13.4. The summed E-state index contributed by atoms with van der Waals surface area (Å²) in [6.07, 6.45) is 0. The van der Waals surface area contributed by atoms with E-state index in [0.29, 0.717) is 0 Å². The van der Waals surface area contributed by atoms with E-state index in [4.69, 9.17) is 9.40 Å². The molecule has 0 atom stereocenters. The Kier molecular flexibility index (Phi) is 7.17. The molecule has 2 aromatic heterocycles. The van der Waals surface area contributed by atoms with Crippen molar-refractivity contribution in [3.05, 3.63) is 157 Å². The molecule has 0 saturated heterocycles. The Morgan fingerprint density at radius 1 is 0.520 bits per heavy atom. The number of rotatable bonds is 6. The fraction of sp³-hybridized carbons (Fsp3) is 0.128. The lowest BCUT2D eigenvalue weighted by molar-refractivity contribution is 0.673. The van der Waals surface area contributed by atoms with Crippen LogP contribution in [0.3, 0.4) is 0 Å². The van der Waals surface area contributed by atoms with Crippen molar-refractivity contribution in [2.24, 2.45) is 0 Å². The van der Waals surface area contributed by atoms with Gasteiger partial charge in [-0.1, -0.05) is 137 Å². The summed E-state index contributed by atoms with van der Waals surface area (Å²) >= 11 is 0. The number of furan rings is 1. The first-order chi connectivity index (χ1) is 24.5. The normalized spacial score (nSPS) is 12.0. The van der Waals surface area contributed by atoms with Crippen LogP contribution in [0.4, 0.5) is 0 Å². The van der Waals surface area contributed by atoms with Gasteiger partial charge in [-0.15, -0.1) is 0 Å². The molecule has 9 rings (SSSR count). The van der Waals surface area contributed by atoms with Crippen LogP contribution in [0.25, 0.3) is 83.1 Å². The van der Waals surface area contributed by atoms with E-state index in [9.17, 15) is 0 Å². The van der Waals surface area contributed by atoms with Crippen LogP contribution in [0, 0.1) is 0 Å². The van der Waals surface area contributed by atoms with Crippen LogP contribution in [0.2, 0.25) is 0 Å². The minimum atomic E-state index is 0.280. The fourth-order valence-electron chi connectivity index (χ4n) is 7.70. The van der Waals surface area contributed by atoms with Gasteiger partial charge < -0.3 is 4.42 Å².